The maximum absolute atomic E-state index is 12.3. The van der Waals surface area contributed by atoms with Crippen LogP contribution in [-0.2, 0) is 10.0 Å². The highest BCUT2D eigenvalue weighted by atomic mass is 32.2. The maximum Gasteiger partial charge on any atom is 0.387 e. The van der Waals surface area contributed by atoms with E-state index in [4.69, 9.17) is 5.14 Å². The van der Waals surface area contributed by atoms with Crippen molar-refractivity contribution in [2.45, 2.75) is 11.5 Å². The molecule has 20 heavy (non-hydrogen) atoms. The minimum atomic E-state index is -3.86. The number of primary sulfonamides is 1. The first-order valence-electron chi connectivity index (χ1n) is 5.55. The molecule has 0 unspecified atom stereocenters. The molecule has 0 aliphatic carbocycles. The lowest BCUT2D eigenvalue weighted by Gasteiger charge is -2.11. The van der Waals surface area contributed by atoms with Gasteiger partial charge in [0.05, 0.1) is 4.90 Å². The molecule has 0 saturated heterocycles. The number of nitrogens with two attached hydrogens (primary N) is 1. The molecule has 0 amide bonds. The van der Waals surface area contributed by atoms with Crippen LogP contribution in [0, 0.1) is 0 Å². The van der Waals surface area contributed by atoms with Gasteiger partial charge in [0.25, 0.3) is 0 Å². The molecule has 2 N–H and O–H groups in total. The summed E-state index contributed by atoms with van der Waals surface area (Å²) in [7, 11) is -3.86. The fourth-order valence-corrected chi connectivity index (χ4v) is 2.30. The summed E-state index contributed by atoms with van der Waals surface area (Å²) >= 11 is 0. The number of halogens is 2. The van der Waals surface area contributed by atoms with Crippen molar-refractivity contribution >= 4 is 10.0 Å². The van der Waals surface area contributed by atoms with Crippen LogP contribution in [0.3, 0.4) is 0 Å². The molecule has 0 radical (unpaired) electrons. The van der Waals surface area contributed by atoms with Gasteiger partial charge in [-0.15, -0.1) is 0 Å². The Kier molecular flexibility index (Phi) is 4.01. The van der Waals surface area contributed by atoms with Gasteiger partial charge in [0.15, 0.2) is 0 Å². The molecule has 0 atom stereocenters. The van der Waals surface area contributed by atoms with Gasteiger partial charge in [0.1, 0.15) is 5.75 Å². The van der Waals surface area contributed by atoms with Crippen molar-refractivity contribution in [3.63, 3.8) is 0 Å². The Morgan fingerprint density at radius 2 is 1.75 bits per heavy atom. The number of para-hydroxylation sites is 1. The molecule has 2 aromatic rings. The van der Waals surface area contributed by atoms with E-state index in [-0.39, 0.29) is 10.6 Å². The van der Waals surface area contributed by atoms with Gasteiger partial charge in [-0.1, -0.05) is 30.3 Å². The molecule has 7 heteroatoms. The van der Waals surface area contributed by atoms with Crippen LogP contribution in [-0.4, -0.2) is 15.0 Å². The van der Waals surface area contributed by atoms with Crippen molar-refractivity contribution in [3.05, 3.63) is 48.5 Å². The number of ether oxygens (including phenoxy) is 1. The smallest absolute Gasteiger partial charge is 0.387 e. The second-order valence-corrected chi connectivity index (χ2v) is 5.51. The molecule has 0 aromatic heterocycles. The zero-order valence-electron chi connectivity index (χ0n) is 10.2. The second-order valence-electron chi connectivity index (χ2n) is 3.95. The van der Waals surface area contributed by atoms with E-state index in [2.05, 4.69) is 4.74 Å². The van der Waals surface area contributed by atoms with E-state index in [0.717, 1.165) is 0 Å². The number of benzene rings is 2. The number of hydrogen-bond donors (Lipinski definition) is 1. The molecule has 0 heterocycles. The average Bonchev–Trinajstić information content (AvgIpc) is 2.38. The third-order valence-electron chi connectivity index (χ3n) is 2.58. The Bertz CT molecular complexity index is 717. The van der Waals surface area contributed by atoms with Crippen LogP contribution < -0.4 is 9.88 Å². The summed E-state index contributed by atoms with van der Waals surface area (Å²) in [6, 6.07) is 11.8. The summed E-state index contributed by atoms with van der Waals surface area (Å²) in [5.74, 6) is -0.0333. The van der Waals surface area contributed by atoms with Gasteiger partial charge in [0, 0.05) is 5.56 Å². The number of rotatable bonds is 4. The van der Waals surface area contributed by atoms with Crippen LogP contribution in [0.4, 0.5) is 8.78 Å². The largest absolute Gasteiger partial charge is 0.434 e. The molecule has 0 spiro atoms. The molecule has 2 rings (SSSR count). The predicted octanol–water partition coefficient (Wildman–Crippen LogP) is 2.60. The molecular weight excluding hydrogens is 288 g/mol. The van der Waals surface area contributed by atoms with E-state index in [1.807, 2.05) is 0 Å². The lowest BCUT2D eigenvalue weighted by atomic mass is 10.1. The standard InChI is InChI=1S/C13H11F2NO3S/c14-13(15)19-12-7-2-1-6-11(12)9-4-3-5-10(8-9)20(16,17)18/h1-8,13H,(H2,16,17,18). The Balaban J connectivity index is 2.52. The van der Waals surface area contributed by atoms with E-state index >= 15 is 0 Å². The zero-order chi connectivity index (χ0) is 14.8. The highest BCUT2D eigenvalue weighted by Crippen LogP contribution is 2.31. The summed E-state index contributed by atoms with van der Waals surface area (Å²) in [6.07, 6.45) is 0. The highest BCUT2D eigenvalue weighted by molar-refractivity contribution is 7.89. The molecule has 0 fully saturated rings. The molecule has 0 aliphatic rings. The van der Waals surface area contributed by atoms with Gasteiger partial charge < -0.3 is 4.74 Å². The van der Waals surface area contributed by atoms with Crippen molar-refractivity contribution in [3.8, 4) is 16.9 Å². The SMILES string of the molecule is NS(=O)(=O)c1cccc(-c2ccccc2OC(F)F)c1. The highest BCUT2D eigenvalue weighted by Gasteiger charge is 2.13. The third kappa shape index (κ3) is 3.31. The first-order chi connectivity index (χ1) is 9.38. The Labute approximate surface area is 114 Å². The molecular formula is C13H11F2NO3S. The number of alkyl halides is 2. The van der Waals surface area contributed by atoms with Gasteiger partial charge >= 0.3 is 6.61 Å². The van der Waals surface area contributed by atoms with Crippen molar-refractivity contribution in [2.75, 3.05) is 0 Å². The summed E-state index contributed by atoms with van der Waals surface area (Å²) < 4.78 is 51.7. The van der Waals surface area contributed by atoms with Gasteiger partial charge in [0.2, 0.25) is 10.0 Å². The molecule has 0 aliphatic heterocycles. The van der Waals surface area contributed by atoms with Crippen LogP contribution in [0.2, 0.25) is 0 Å². The minimum absolute atomic E-state index is 0.0333. The topological polar surface area (TPSA) is 69.4 Å². The first kappa shape index (κ1) is 14.4. The molecule has 106 valence electrons. The van der Waals surface area contributed by atoms with E-state index in [1.165, 1.54) is 24.3 Å². The lowest BCUT2D eigenvalue weighted by Crippen LogP contribution is -2.12. The third-order valence-corrected chi connectivity index (χ3v) is 3.49. The van der Waals surface area contributed by atoms with Crippen LogP contribution in [0.25, 0.3) is 11.1 Å². The molecule has 4 nitrogen and oxygen atoms in total. The van der Waals surface area contributed by atoms with Crippen molar-refractivity contribution in [1.82, 2.24) is 0 Å². The zero-order valence-corrected chi connectivity index (χ0v) is 11.0. The van der Waals surface area contributed by atoms with Crippen molar-refractivity contribution in [1.29, 1.82) is 0 Å². The Morgan fingerprint density at radius 3 is 2.40 bits per heavy atom. The van der Waals surface area contributed by atoms with Crippen LogP contribution >= 0.6 is 0 Å². The number of sulfonamides is 1. The van der Waals surface area contributed by atoms with Gasteiger partial charge in [-0.25, -0.2) is 13.6 Å². The fourth-order valence-electron chi connectivity index (χ4n) is 1.74. The summed E-state index contributed by atoms with van der Waals surface area (Å²) in [5, 5.41) is 5.04. The van der Waals surface area contributed by atoms with E-state index in [0.29, 0.717) is 11.1 Å². The quantitative estimate of drug-likeness (QED) is 0.943. The second kappa shape index (κ2) is 5.56. The van der Waals surface area contributed by atoms with E-state index < -0.39 is 16.6 Å². The number of hydrogen-bond acceptors (Lipinski definition) is 3. The molecule has 0 saturated carbocycles. The van der Waals surface area contributed by atoms with Gasteiger partial charge in [-0.05, 0) is 23.8 Å². The average molecular weight is 299 g/mol. The maximum atomic E-state index is 12.3. The predicted molar refractivity (Wildman–Crippen MR) is 69.9 cm³/mol. The monoisotopic (exact) mass is 299 g/mol. The Morgan fingerprint density at radius 1 is 1.05 bits per heavy atom. The van der Waals surface area contributed by atoms with Gasteiger partial charge in [-0.3, -0.25) is 0 Å². The van der Waals surface area contributed by atoms with Crippen LogP contribution in [0.5, 0.6) is 5.75 Å². The first-order valence-corrected chi connectivity index (χ1v) is 7.09. The summed E-state index contributed by atoms with van der Waals surface area (Å²) in [5.41, 5.74) is 0.783. The minimum Gasteiger partial charge on any atom is -0.434 e. The van der Waals surface area contributed by atoms with Crippen molar-refractivity contribution < 1.29 is 21.9 Å². The Hall–Kier alpha value is -1.99. The van der Waals surface area contributed by atoms with Crippen molar-refractivity contribution in [2.24, 2.45) is 5.14 Å². The normalized spacial score (nSPS) is 11.6. The van der Waals surface area contributed by atoms with Crippen LogP contribution in [0.1, 0.15) is 0 Å². The van der Waals surface area contributed by atoms with E-state index in [1.54, 1.807) is 24.3 Å². The summed E-state index contributed by atoms with van der Waals surface area (Å²) in [4.78, 5) is -0.0955. The summed E-state index contributed by atoms with van der Waals surface area (Å²) in [6.45, 7) is -2.96. The molecule has 2 aromatic carbocycles. The lowest BCUT2D eigenvalue weighted by molar-refractivity contribution is -0.0494. The van der Waals surface area contributed by atoms with Gasteiger partial charge in [-0.2, -0.15) is 8.78 Å². The van der Waals surface area contributed by atoms with Crippen LogP contribution in [0.15, 0.2) is 53.4 Å². The molecule has 0 bridgehead atoms. The fraction of sp³-hybridized carbons (Fsp3) is 0.0769. The van der Waals surface area contributed by atoms with E-state index in [9.17, 15) is 17.2 Å².